The van der Waals surface area contributed by atoms with Gasteiger partial charge < -0.3 is 20.1 Å². The van der Waals surface area contributed by atoms with Crippen LogP contribution in [-0.2, 0) is 13.1 Å². The van der Waals surface area contributed by atoms with E-state index in [1.54, 1.807) is 6.07 Å². The Hall–Kier alpha value is -2.22. The smallest absolute Gasteiger partial charge is 0.273 e. The van der Waals surface area contributed by atoms with Crippen LogP contribution in [-0.4, -0.2) is 52.5 Å². The molecule has 0 aliphatic carbocycles. The van der Waals surface area contributed by atoms with Gasteiger partial charge in [-0.2, -0.15) is 0 Å². The number of nitrogens with one attached hydrogen (secondary N) is 1. The molecule has 0 aliphatic rings. The lowest BCUT2D eigenvalue weighted by Gasteiger charge is -2.14. The van der Waals surface area contributed by atoms with Crippen LogP contribution in [0.1, 0.15) is 21.8 Å². The number of amides is 1. The normalized spacial score (nSPS) is 12.3. The van der Waals surface area contributed by atoms with Gasteiger partial charge >= 0.3 is 0 Å². The lowest BCUT2D eigenvalue weighted by molar-refractivity contribution is 0.0796. The molecule has 2 aromatic rings. The second-order valence-corrected chi connectivity index (χ2v) is 5.38. The van der Waals surface area contributed by atoms with Crippen LogP contribution in [0.15, 0.2) is 40.9 Å². The second kappa shape index (κ2) is 8.42. The zero-order valence-electron chi connectivity index (χ0n) is 13.0. The van der Waals surface area contributed by atoms with E-state index in [9.17, 15) is 9.90 Å². The Bertz CT molecular complexity index is 615. The highest BCUT2D eigenvalue weighted by Gasteiger charge is 2.14. The van der Waals surface area contributed by atoms with E-state index in [1.165, 1.54) is 5.56 Å². The number of benzene rings is 1. The van der Waals surface area contributed by atoms with Gasteiger partial charge in [-0.15, -0.1) is 0 Å². The fourth-order valence-electron chi connectivity index (χ4n) is 2.08. The molecule has 0 bridgehead atoms. The fourth-order valence-corrected chi connectivity index (χ4v) is 2.08. The maximum atomic E-state index is 11.8. The minimum absolute atomic E-state index is 0.0363. The number of rotatable bonds is 8. The first-order valence-corrected chi connectivity index (χ1v) is 7.33. The first-order valence-electron chi connectivity index (χ1n) is 7.33. The molecule has 1 amide bonds. The molecule has 0 aliphatic heterocycles. The van der Waals surface area contributed by atoms with Crippen molar-refractivity contribution < 1.29 is 19.5 Å². The molecule has 0 radical (unpaired) electrons. The Morgan fingerprint density at radius 2 is 2.09 bits per heavy atom. The number of carbonyl (C=O) groups excluding carboxylic acids is 1. The lowest BCUT2D eigenvalue weighted by atomic mass is 10.2. The molecular formula is C16H21N3O4. The van der Waals surface area contributed by atoms with Gasteiger partial charge in [0.15, 0.2) is 11.5 Å². The Morgan fingerprint density at radius 1 is 1.35 bits per heavy atom. The van der Waals surface area contributed by atoms with E-state index in [0.717, 1.165) is 6.54 Å². The van der Waals surface area contributed by atoms with Crippen molar-refractivity contribution in [2.45, 2.75) is 19.2 Å². The Balaban J connectivity index is 1.85. The van der Waals surface area contributed by atoms with Crippen molar-refractivity contribution in [3.63, 3.8) is 0 Å². The van der Waals surface area contributed by atoms with Gasteiger partial charge in [0.05, 0.1) is 19.3 Å². The summed E-state index contributed by atoms with van der Waals surface area (Å²) in [6, 6.07) is 11.6. The third kappa shape index (κ3) is 5.48. The van der Waals surface area contributed by atoms with Gasteiger partial charge in [-0.3, -0.25) is 9.69 Å². The maximum absolute atomic E-state index is 11.8. The number of aliphatic hydroxyl groups excluding tert-OH is 2. The molecule has 0 saturated heterocycles. The number of hydrogen-bond acceptors (Lipinski definition) is 6. The summed E-state index contributed by atoms with van der Waals surface area (Å²) in [6.45, 7) is 0.834. The number of aromatic nitrogens is 1. The van der Waals surface area contributed by atoms with Crippen LogP contribution in [0.5, 0.6) is 0 Å². The van der Waals surface area contributed by atoms with Crippen molar-refractivity contribution in [2.75, 3.05) is 20.2 Å². The van der Waals surface area contributed by atoms with Crippen LogP contribution in [0, 0.1) is 0 Å². The minimum atomic E-state index is -0.984. The van der Waals surface area contributed by atoms with E-state index < -0.39 is 18.6 Å². The molecule has 0 saturated carbocycles. The van der Waals surface area contributed by atoms with E-state index in [0.29, 0.717) is 12.3 Å². The SMILES string of the molecule is CN(Cc1ccccc1)Cc1cc(C(=O)NCC(O)CO)no1. The van der Waals surface area contributed by atoms with Crippen LogP contribution >= 0.6 is 0 Å². The van der Waals surface area contributed by atoms with E-state index in [4.69, 9.17) is 9.63 Å². The van der Waals surface area contributed by atoms with Gasteiger partial charge in [-0.1, -0.05) is 35.5 Å². The predicted molar refractivity (Wildman–Crippen MR) is 83.5 cm³/mol. The van der Waals surface area contributed by atoms with Crippen molar-refractivity contribution in [3.8, 4) is 0 Å². The van der Waals surface area contributed by atoms with Gasteiger partial charge in [0.25, 0.3) is 5.91 Å². The lowest BCUT2D eigenvalue weighted by Crippen LogP contribution is -2.34. The van der Waals surface area contributed by atoms with Crippen LogP contribution in [0.25, 0.3) is 0 Å². The monoisotopic (exact) mass is 319 g/mol. The molecule has 1 aromatic heterocycles. The first kappa shape index (κ1) is 17.1. The van der Waals surface area contributed by atoms with Crippen molar-refractivity contribution in [3.05, 3.63) is 53.4 Å². The molecule has 0 fully saturated rings. The van der Waals surface area contributed by atoms with Crippen molar-refractivity contribution >= 4 is 5.91 Å². The molecule has 1 atom stereocenters. The van der Waals surface area contributed by atoms with E-state index in [1.807, 2.05) is 42.3 Å². The summed E-state index contributed by atoms with van der Waals surface area (Å²) >= 11 is 0. The quantitative estimate of drug-likeness (QED) is 0.651. The van der Waals surface area contributed by atoms with Gasteiger partial charge in [0.1, 0.15) is 0 Å². The molecule has 1 unspecified atom stereocenters. The fraction of sp³-hybridized carbons (Fsp3) is 0.375. The van der Waals surface area contributed by atoms with Crippen molar-refractivity contribution in [2.24, 2.45) is 0 Å². The highest BCUT2D eigenvalue weighted by atomic mass is 16.5. The van der Waals surface area contributed by atoms with Crippen molar-refractivity contribution in [1.29, 1.82) is 0 Å². The van der Waals surface area contributed by atoms with Gasteiger partial charge in [-0.05, 0) is 12.6 Å². The van der Waals surface area contributed by atoms with Crippen molar-refractivity contribution in [1.82, 2.24) is 15.4 Å². The zero-order chi connectivity index (χ0) is 16.7. The molecule has 2 rings (SSSR count). The summed E-state index contributed by atoms with van der Waals surface area (Å²) in [6.07, 6.45) is -0.984. The Kier molecular flexibility index (Phi) is 6.28. The standard InChI is InChI=1S/C16H21N3O4/c1-19(9-12-5-3-2-4-6-12)10-14-7-15(18-23-14)16(22)17-8-13(21)11-20/h2-7,13,20-21H,8-11H2,1H3,(H,17,22). The minimum Gasteiger partial charge on any atom is -0.394 e. The summed E-state index contributed by atoms with van der Waals surface area (Å²) in [5.74, 6) is 0.134. The molecule has 3 N–H and O–H groups in total. The third-order valence-corrected chi connectivity index (χ3v) is 3.22. The summed E-state index contributed by atoms with van der Waals surface area (Å²) in [7, 11) is 1.95. The average molecular weight is 319 g/mol. The summed E-state index contributed by atoms with van der Waals surface area (Å²) in [5.41, 5.74) is 1.34. The van der Waals surface area contributed by atoms with Crippen LogP contribution in [0.4, 0.5) is 0 Å². The van der Waals surface area contributed by atoms with E-state index >= 15 is 0 Å². The summed E-state index contributed by atoms with van der Waals surface area (Å²) in [4.78, 5) is 13.9. The molecule has 0 spiro atoms. The Labute approximate surface area is 134 Å². The topological polar surface area (TPSA) is 98.8 Å². The zero-order valence-corrected chi connectivity index (χ0v) is 13.0. The highest BCUT2D eigenvalue weighted by molar-refractivity contribution is 5.92. The Morgan fingerprint density at radius 3 is 2.78 bits per heavy atom. The molecule has 1 heterocycles. The molecule has 23 heavy (non-hydrogen) atoms. The number of nitrogens with zero attached hydrogens (tertiary/aromatic N) is 2. The van der Waals surface area contributed by atoms with Gasteiger partial charge in [-0.25, -0.2) is 0 Å². The summed E-state index contributed by atoms with van der Waals surface area (Å²) in [5, 5.41) is 24.1. The predicted octanol–water partition coefficient (Wildman–Crippen LogP) is 0.390. The third-order valence-electron chi connectivity index (χ3n) is 3.22. The number of carbonyl (C=O) groups is 1. The molecule has 7 nitrogen and oxygen atoms in total. The molecular weight excluding hydrogens is 298 g/mol. The molecule has 124 valence electrons. The van der Waals surface area contributed by atoms with E-state index in [-0.39, 0.29) is 12.2 Å². The van der Waals surface area contributed by atoms with Gasteiger partial charge in [0.2, 0.25) is 0 Å². The van der Waals surface area contributed by atoms with Crippen LogP contribution < -0.4 is 5.32 Å². The molecule has 1 aromatic carbocycles. The average Bonchev–Trinajstić information content (AvgIpc) is 3.01. The van der Waals surface area contributed by atoms with Gasteiger partial charge in [0, 0.05) is 19.2 Å². The summed E-state index contributed by atoms with van der Waals surface area (Å²) < 4.78 is 5.16. The van der Waals surface area contributed by atoms with Crippen LogP contribution in [0.2, 0.25) is 0 Å². The number of aliphatic hydroxyl groups is 2. The molecule has 7 heteroatoms. The number of hydrogen-bond donors (Lipinski definition) is 3. The largest absolute Gasteiger partial charge is 0.394 e. The highest BCUT2D eigenvalue weighted by Crippen LogP contribution is 2.09. The van der Waals surface area contributed by atoms with E-state index in [2.05, 4.69) is 10.5 Å². The van der Waals surface area contributed by atoms with Crippen LogP contribution in [0.3, 0.4) is 0 Å². The second-order valence-electron chi connectivity index (χ2n) is 5.38. The maximum Gasteiger partial charge on any atom is 0.273 e. The first-order chi connectivity index (χ1) is 11.1.